The van der Waals surface area contributed by atoms with Gasteiger partial charge in [-0.1, -0.05) is 5.21 Å². The SMILES string of the molecule is COc1ccc(Br)c2c1nnn2C1CCOCC1. The zero-order valence-corrected chi connectivity index (χ0v) is 11.7. The van der Waals surface area contributed by atoms with E-state index in [1.807, 2.05) is 16.8 Å². The number of hydrogen-bond acceptors (Lipinski definition) is 4. The Hall–Kier alpha value is -1.14. The van der Waals surface area contributed by atoms with E-state index in [4.69, 9.17) is 9.47 Å². The number of benzene rings is 1. The molecule has 6 heteroatoms. The molecule has 1 saturated heterocycles. The highest BCUT2D eigenvalue weighted by molar-refractivity contribution is 9.10. The van der Waals surface area contributed by atoms with Crippen LogP contribution in [0.15, 0.2) is 16.6 Å². The van der Waals surface area contributed by atoms with Gasteiger partial charge in [-0.25, -0.2) is 4.68 Å². The monoisotopic (exact) mass is 311 g/mol. The number of halogens is 1. The fourth-order valence-corrected chi connectivity index (χ4v) is 2.84. The molecule has 3 rings (SSSR count). The molecule has 96 valence electrons. The molecule has 18 heavy (non-hydrogen) atoms. The average Bonchev–Trinajstić information content (AvgIpc) is 2.86. The molecule has 0 saturated carbocycles. The molecule has 2 heterocycles. The van der Waals surface area contributed by atoms with E-state index in [0.717, 1.165) is 47.3 Å². The van der Waals surface area contributed by atoms with Gasteiger partial charge in [0.25, 0.3) is 0 Å². The highest BCUT2D eigenvalue weighted by Crippen LogP contribution is 2.33. The van der Waals surface area contributed by atoms with Gasteiger partial charge in [0.15, 0.2) is 5.52 Å². The van der Waals surface area contributed by atoms with Crippen molar-refractivity contribution in [3.8, 4) is 5.75 Å². The van der Waals surface area contributed by atoms with Gasteiger partial charge in [0.05, 0.1) is 13.2 Å². The molecule has 1 aliphatic rings. The molecule has 0 aliphatic carbocycles. The Bertz CT molecular complexity index is 564. The van der Waals surface area contributed by atoms with Crippen LogP contribution in [0.4, 0.5) is 0 Å². The summed E-state index contributed by atoms with van der Waals surface area (Å²) in [5.74, 6) is 0.756. The van der Waals surface area contributed by atoms with Gasteiger partial charge in [-0.05, 0) is 40.9 Å². The van der Waals surface area contributed by atoms with Gasteiger partial charge in [-0.2, -0.15) is 0 Å². The van der Waals surface area contributed by atoms with Crippen molar-refractivity contribution in [1.82, 2.24) is 15.0 Å². The number of nitrogens with zero attached hydrogens (tertiary/aromatic N) is 3. The minimum Gasteiger partial charge on any atom is -0.494 e. The second kappa shape index (κ2) is 4.85. The minimum atomic E-state index is 0.354. The maximum absolute atomic E-state index is 5.39. The first-order valence-corrected chi connectivity index (χ1v) is 6.75. The van der Waals surface area contributed by atoms with E-state index < -0.39 is 0 Å². The molecule has 0 unspecified atom stereocenters. The van der Waals surface area contributed by atoms with Crippen LogP contribution in [0.5, 0.6) is 5.75 Å². The summed E-state index contributed by atoms with van der Waals surface area (Å²) >= 11 is 3.57. The van der Waals surface area contributed by atoms with Crippen LogP contribution >= 0.6 is 15.9 Å². The van der Waals surface area contributed by atoms with E-state index in [1.54, 1.807) is 7.11 Å². The molecule has 0 amide bonds. The molecule has 0 N–H and O–H groups in total. The van der Waals surface area contributed by atoms with E-state index in [0.29, 0.717) is 6.04 Å². The molecule has 1 fully saturated rings. The van der Waals surface area contributed by atoms with E-state index in [1.165, 1.54) is 0 Å². The first kappa shape index (κ1) is 11.9. The molecule has 1 aromatic carbocycles. The van der Waals surface area contributed by atoms with Crippen molar-refractivity contribution in [3.63, 3.8) is 0 Å². The quantitative estimate of drug-likeness (QED) is 0.855. The lowest BCUT2D eigenvalue weighted by Crippen LogP contribution is -2.20. The van der Waals surface area contributed by atoms with Crippen molar-refractivity contribution >= 4 is 27.0 Å². The normalized spacial score (nSPS) is 17.2. The van der Waals surface area contributed by atoms with Crippen LogP contribution in [0, 0.1) is 0 Å². The van der Waals surface area contributed by atoms with Gasteiger partial charge in [-0.15, -0.1) is 5.10 Å². The highest BCUT2D eigenvalue weighted by atomic mass is 79.9. The highest BCUT2D eigenvalue weighted by Gasteiger charge is 2.21. The zero-order chi connectivity index (χ0) is 12.5. The van der Waals surface area contributed by atoms with Crippen LogP contribution in [-0.4, -0.2) is 35.3 Å². The lowest BCUT2D eigenvalue weighted by atomic mass is 10.1. The lowest BCUT2D eigenvalue weighted by molar-refractivity contribution is 0.0669. The first-order valence-electron chi connectivity index (χ1n) is 5.96. The maximum atomic E-state index is 5.39. The van der Waals surface area contributed by atoms with Crippen LogP contribution in [0.25, 0.3) is 11.0 Å². The molecule has 1 aromatic heterocycles. The second-order valence-electron chi connectivity index (χ2n) is 4.32. The van der Waals surface area contributed by atoms with Crippen LogP contribution in [0.2, 0.25) is 0 Å². The molecule has 5 nitrogen and oxygen atoms in total. The summed E-state index contributed by atoms with van der Waals surface area (Å²) in [6, 6.07) is 4.22. The molecule has 0 spiro atoms. The maximum Gasteiger partial charge on any atom is 0.156 e. The summed E-state index contributed by atoms with van der Waals surface area (Å²) in [7, 11) is 1.65. The van der Waals surface area contributed by atoms with Crippen molar-refractivity contribution in [2.45, 2.75) is 18.9 Å². The largest absolute Gasteiger partial charge is 0.494 e. The van der Waals surface area contributed by atoms with E-state index in [2.05, 4.69) is 26.2 Å². The third-order valence-electron chi connectivity index (χ3n) is 3.29. The van der Waals surface area contributed by atoms with Crippen LogP contribution in [-0.2, 0) is 4.74 Å². The lowest BCUT2D eigenvalue weighted by Gasteiger charge is -2.22. The predicted molar refractivity (Wildman–Crippen MR) is 70.9 cm³/mol. The minimum absolute atomic E-state index is 0.354. The summed E-state index contributed by atoms with van der Waals surface area (Å²) in [6.45, 7) is 1.57. The van der Waals surface area contributed by atoms with Crippen molar-refractivity contribution in [1.29, 1.82) is 0 Å². The van der Waals surface area contributed by atoms with Crippen molar-refractivity contribution < 1.29 is 9.47 Å². The third kappa shape index (κ3) is 1.89. The van der Waals surface area contributed by atoms with Crippen molar-refractivity contribution in [3.05, 3.63) is 16.6 Å². The summed E-state index contributed by atoms with van der Waals surface area (Å²) in [5, 5.41) is 8.53. The number of fused-ring (bicyclic) bond motifs is 1. The molecule has 2 aromatic rings. The van der Waals surface area contributed by atoms with Gasteiger partial charge >= 0.3 is 0 Å². The topological polar surface area (TPSA) is 49.2 Å². The number of rotatable bonds is 2. The molecular weight excluding hydrogens is 298 g/mol. The molecule has 0 bridgehead atoms. The van der Waals surface area contributed by atoms with Gasteiger partial charge in [0, 0.05) is 17.7 Å². The van der Waals surface area contributed by atoms with Gasteiger partial charge in [-0.3, -0.25) is 0 Å². The average molecular weight is 312 g/mol. The molecular formula is C12H14BrN3O2. The summed E-state index contributed by atoms with van der Waals surface area (Å²) in [6.07, 6.45) is 1.95. The van der Waals surface area contributed by atoms with Crippen LogP contribution in [0.1, 0.15) is 18.9 Å². The first-order chi connectivity index (χ1) is 8.81. The van der Waals surface area contributed by atoms with Crippen LogP contribution in [0.3, 0.4) is 0 Å². The number of methoxy groups -OCH3 is 1. The van der Waals surface area contributed by atoms with Crippen molar-refractivity contribution in [2.75, 3.05) is 20.3 Å². The smallest absolute Gasteiger partial charge is 0.156 e. The fraction of sp³-hybridized carbons (Fsp3) is 0.500. The number of hydrogen-bond donors (Lipinski definition) is 0. The predicted octanol–water partition coefficient (Wildman–Crippen LogP) is 2.55. The Morgan fingerprint density at radius 1 is 1.39 bits per heavy atom. The van der Waals surface area contributed by atoms with E-state index in [-0.39, 0.29) is 0 Å². The molecule has 0 atom stereocenters. The van der Waals surface area contributed by atoms with Gasteiger partial charge < -0.3 is 9.47 Å². The van der Waals surface area contributed by atoms with E-state index >= 15 is 0 Å². The van der Waals surface area contributed by atoms with Crippen molar-refractivity contribution in [2.24, 2.45) is 0 Å². The molecule has 0 radical (unpaired) electrons. The van der Waals surface area contributed by atoms with E-state index in [9.17, 15) is 0 Å². The number of aromatic nitrogens is 3. The third-order valence-corrected chi connectivity index (χ3v) is 3.93. The Kier molecular flexibility index (Phi) is 3.22. The Labute approximate surface area is 113 Å². The summed E-state index contributed by atoms with van der Waals surface area (Å²) in [5.41, 5.74) is 1.81. The second-order valence-corrected chi connectivity index (χ2v) is 5.18. The van der Waals surface area contributed by atoms with Crippen LogP contribution < -0.4 is 4.74 Å². The van der Waals surface area contributed by atoms with Gasteiger partial charge in [0.1, 0.15) is 11.3 Å². The summed E-state index contributed by atoms with van der Waals surface area (Å²) in [4.78, 5) is 0. The molecule has 1 aliphatic heterocycles. The fourth-order valence-electron chi connectivity index (χ4n) is 2.34. The Morgan fingerprint density at radius 2 is 2.17 bits per heavy atom. The zero-order valence-electron chi connectivity index (χ0n) is 10.1. The van der Waals surface area contributed by atoms with Gasteiger partial charge in [0.2, 0.25) is 0 Å². The Morgan fingerprint density at radius 3 is 2.89 bits per heavy atom. The Balaban J connectivity index is 2.12. The standard InChI is InChI=1S/C12H14BrN3O2/c1-17-10-3-2-9(13)12-11(10)14-15-16(12)8-4-6-18-7-5-8/h2-3,8H,4-7H2,1H3. The number of ether oxygens (including phenoxy) is 2. The summed E-state index contributed by atoms with van der Waals surface area (Å²) < 4.78 is 13.7.